The molecule has 0 bridgehead atoms. The highest BCUT2D eigenvalue weighted by molar-refractivity contribution is 9.10. The Labute approximate surface area is 202 Å². The van der Waals surface area contributed by atoms with Crippen molar-refractivity contribution in [3.63, 3.8) is 0 Å². The quantitative estimate of drug-likeness (QED) is 0.496. The van der Waals surface area contributed by atoms with Crippen LogP contribution >= 0.6 is 15.9 Å². The lowest BCUT2D eigenvalue weighted by Crippen LogP contribution is -2.38. The Bertz CT molecular complexity index is 1350. The summed E-state index contributed by atoms with van der Waals surface area (Å²) >= 11 is 3.36. The van der Waals surface area contributed by atoms with Gasteiger partial charge in [0.2, 0.25) is 0 Å². The van der Waals surface area contributed by atoms with Gasteiger partial charge in [0.1, 0.15) is 12.4 Å². The second kappa shape index (κ2) is 9.62. The van der Waals surface area contributed by atoms with Gasteiger partial charge in [-0.2, -0.15) is 0 Å². The summed E-state index contributed by atoms with van der Waals surface area (Å²) in [5.41, 5.74) is 2.24. The number of anilines is 1. The second-order valence-corrected chi connectivity index (χ2v) is 8.20. The van der Waals surface area contributed by atoms with Crippen LogP contribution < -0.4 is 4.90 Å². The van der Waals surface area contributed by atoms with E-state index in [9.17, 15) is 19.5 Å². The monoisotopic (exact) mass is 526 g/mol. The number of halogens is 1. The number of aromatic carboxylic acids is 1. The fraction of sp³-hybridized carbons (Fsp3) is 0.167. The van der Waals surface area contributed by atoms with Crippen LogP contribution in [-0.4, -0.2) is 55.6 Å². The predicted molar refractivity (Wildman–Crippen MR) is 126 cm³/mol. The van der Waals surface area contributed by atoms with Crippen LogP contribution in [0.2, 0.25) is 0 Å². The number of hydrogen-bond donors (Lipinski definition) is 1. The summed E-state index contributed by atoms with van der Waals surface area (Å²) in [6, 6.07) is 13.7. The Kier molecular flexibility index (Phi) is 6.62. The van der Waals surface area contributed by atoms with Gasteiger partial charge in [0.05, 0.1) is 43.2 Å². The van der Waals surface area contributed by atoms with Gasteiger partial charge in [-0.15, -0.1) is 0 Å². The number of benzene rings is 2. The van der Waals surface area contributed by atoms with E-state index in [1.807, 2.05) is 0 Å². The Morgan fingerprint density at radius 2 is 1.82 bits per heavy atom. The maximum Gasteiger partial charge on any atom is 0.355 e. The molecule has 174 valence electrons. The van der Waals surface area contributed by atoms with E-state index in [0.29, 0.717) is 27.8 Å². The van der Waals surface area contributed by atoms with Gasteiger partial charge in [-0.05, 0) is 36.4 Å². The van der Waals surface area contributed by atoms with Crippen molar-refractivity contribution in [1.29, 1.82) is 0 Å². The maximum absolute atomic E-state index is 12.6. The number of methoxy groups -OCH3 is 2. The van der Waals surface area contributed by atoms with Gasteiger partial charge in [-0.1, -0.05) is 28.1 Å². The number of carboxylic acids is 1. The number of carbonyl (C=O) groups is 3. The zero-order valence-electron chi connectivity index (χ0n) is 18.2. The van der Waals surface area contributed by atoms with E-state index in [1.54, 1.807) is 42.5 Å². The smallest absolute Gasteiger partial charge is 0.355 e. The highest BCUT2D eigenvalue weighted by Gasteiger charge is 2.32. The minimum Gasteiger partial charge on any atom is -0.478 e. The first-order valence-electron chi connectivity index (χ1n) is 10.0. The topological polar surface area (TPSA) is 115 Å². The summed E-state index contributed by atoms with van der Waals surface area (Å²) in [6.07, 6.45) is 0. The van der Waals surface area contributed by atoms with Crippen molar-refractivity contribution in [1.82, 2.24) is 4.98 Å². The number of carboxylic acid groups (broad SMARTS) is 1. The van der Waals surface area contributed by atoms with Crippen LogP contribution in [0.15, 0.2) is 64.3 Å². The van der Waals surface area contributed by atoms with Gasteiger partial charge in [-0.3, -0.25) is 0 Å². The van der Waals surface area contributed by atoms with E-state index in [1.165, 1.54) is 25.2 Å². The molecule has 1 N–H and O–H groups in total. The number of nitrogens with zero attached hydrogens (tertiary/aromatic N) is 2. The van der Waals surface area contributed by atoms with Crippen LogP contribution in [0.5, 0.6) is 0 Å². The fourth-order valence-electron chi connectivity index (χ4n) is 3.70. The second-order valence-electron chi connectivity index (χ2n) is 7.29. The van der Waals surface area contributed by atoms with Gasteiger partial charge in [0.25, 0.3) is 0 Å². The average molecular weight is 527 g/mol. The summed E-state index contributed by atoms with van der Waals surface area (Å²) in [7, 11) is 2.44. The van der Waals surface area contributed by atoms with Crippen molar-refractivity contribution in [3.05, 3.63) is 69.8 Å². The molecular weight excluding hydrogens is 508 g/mol. The number of aromatic nitrogens is 1. The van der Waals surface area contributed by atoms with Crippen LogP contribution in [0.1, 0.15) is 10.4 Å². The molecule has 0 aliphatic carbocycles. The Morgan fingerprint density at radius 3 is 2.53 bits per heavy atom. The lowest BCUT2D eigenvalue weighted by atomic mass is 10.0. The van der Waals surface area contributed by atoms with E-state index in [4.69, 9.17) is 14.2 Å². The molecule has 0 unspecified atom stereocenters. The summed E-state index contributed by atoms with van der Waals surface area (Å²) in [5, 5.41) is 10.3. The molecule has 0 saturated carbocycles. The SMILES string of the molecule is COC(=O)C1=C(C(=O)OC)N(c2cccc(-c3cc(C(=O)O)c4cc(Br)ccc4n3)c2)COC1. The number of rotatable bonds is 5. The number of hydrogen-bond acceptors (Lipinski definition) is 8. The normalized spacial score (nSPS) is 13.7. The number of pyridine rings is 1. The molecule has 1 aliphatic heterocycles. The van der Waals surface area contributed by atoms with Crippen molar-refractivity contribution < 1.29 is 33.7 Å². The van der Waals surface area contributed by atoms with Gasteiger partial charge < -0.3 is 24.2 Å². The number of carbonyl (C=O) groups excluding carboxylic acids is 2. The Morgan fingerprint density at radius 1 is 1.06 bits per heavy atom. The lowest BCUT2D eigenvalue weighted by molar-refractivity contribution is -0.140. The molecule has 9 nitrogen and oxygen atoms in total. The molecule has 1 aromatic heterocycles. The predicted octanol–water partition coefficient (Wildman–Crippen LogP) is 3.76. The molecule has 3 aromatic rings. The number of fused-ring (bicyclic) bond motifs is 1. The molecule has 0 fully saturated rings. The molecule has 0 atom stereocenters. The van der Waals surface area contributed by atoms with Gasteiger partial charge >= 0.3 is 17.9 Å². The van der Waals surface area contributed by atoms with Crippen molar-refractivity contribution >= 4 is 50.4 Å². The van der Waals surface area contributed by atoms with Crippen LogP contribution in [0.3, 0.4) is 0 Å². The third-order valence-electron chi connectivity index (χ3n) is 5.29. The zero-order valence-corrected chi connectivity index (χ0v) is 19.8. The molecular formula is C24H19BrN2O7. The van der Waals surface area contributed by atoms with E-state index in [0.717, 1.165) is 4.47 Å². The van der Waals surface area contributed by atoms with Crippen molar-refractivity contribution in [2.24, 2.45) is 0 Å². The van der Waals surface area contributed by atoms with Crippen LogP contribution in [0, 0.1) is 0 Å². The first-order valence-corrected chi connectivity index (χ1v) is 10.8. The molecule has 0 radical (unpaired) electrons. The maximum atomic E-state index is 12.6. The molecule has 4 rings (SSSR count). The molecule has 10 heteroatoms. The highest BCUT2D eigenvalue weighted by atomic mass is 79.9. The fourth-order valence-corrected chi connectivity index (χ4v) is 4.06. The minimum atomic E-state index is -1.08. The van der Waals surface area contributed by atoms with Crippen LogP contribution in [-0.2, 0) is 23.8 Å². The summed E-state index contributed by atoms with van der Waals surface area (Å²) in [5.74, 6) is -2.49. The standard InChI is InChI=1S/C24H19BrN2O7/c1-32-23(30)18-11-34-12-27(21(18)24(31)33-2)15-5-3-4-13(8-15)20-10-17(22(28)29)16-9-14(25)6-7-19(16)26-20/h3-10H,11-12H2,1-2H3,(H,28,29). The first kappa shape index (κ1) is 23.4. The largest absolute Gasteiger partial charge is 0.478 e. The first-order chi connectivity index (χ1) is 16.3. The van der Waals surface area contributed by atoms with Crippen LogP contribution in [0.4, 0.5) is 5.69 Å². The van der Waals surface area contributed by atoms with Gasteiger partial charge in [-0.25, -0.2) is 19.4 Å². The Balaban J connectivity index is 1.84. The van der Waals surface area contributed by atoms with Gasteiger partial charge in [0, 0.05) is 21.1 Å². The number of esters is 2. The molecule has 34 heavy (non-hydrogen) atoms. The zero-order chi connectivity index (χ0) is 24.4. The summed E-state index contributed by atoms with van der Waals surface area (Å²) in [4.78, 5) is 42.9. The third kappa shape index (κ3) is 4.37. The van der Waals surface area contributed by atoms with Crippen molar-refractivity contribution in [2.75, 3.05) is 32.5 Å². The lowest BCUT2D eigenvalue weighted by Gasteiger charge is -2.31. The molecule has 1 aliphatic rings. The van der Waals surface area contributed by atoms with E-state index in [-0.39, 0.29) is 30.2 Å². The molecule has 2 heterocycles. The molecule has 2 aromatic carbocycles. The van der Waals surface area contributed by atoms with E-state index in [2.05, 4.69) is 20.9 Å². The minimum absolute atomic E-state index is 0.00602. The van der Waals surface area contributed by atoms with Crippen molar-refractivity contribution in [2.45, 2.75) is 0 Å². The van der Waals surface area contributed by atoms with E-state index >= 15 is 0 Å². The third-order valence-corrected chi connectivity index (χ3v) is 5.78. The Hall–Kier alpha value is -3.76. The average Bonchev–Trinajstić information content (AvgIpc) is 2.86. The number of ether oxygens (including phenoxy) is 3. The van der Waals surface area contributed by atoms with E-state index < -0.39 is 17.9 Å². The van der Waals surface area contributed by atoms with Gasteiger partial charge in [0.15, 0.2) is 0 Å². The van der Waals surface area contributed by atoms with Crippen molar-refractivity contribution in [3.8, 4) is 11.3 Å². The van der Waals surface area contributed by atoms with Crippen LogP contribution in [0.25, 0.3) is 22.2 Å². The molecule has 0 saturated heterocycles. The molecule has 0 spiro atoms. The summed E-state index contributed by atoms with van der Waals surface area (Å²) in [6.45, 7) is -0.106. The highest BCUT2D eigenvalue weighted by Crippen LogP contribution is 2.32. The molecule has 0 amide bonds. The summed E-state index contributed by atoms with van der Waals surface area (Å²) < 4.78 is 16.0.